The minimum absolute atomic E-state index is 0.0389. The fourth-order valence-corrected chi connectivity index (χ4v) is 4.87. The maximum absolute atomic E-state index is 13.6. The summed E-state index contributed by atoms with van der Waals surface area (Å²) in [7, 11) is -4.82. The van der Waals surface area contributed by atoms with Crippen LogP contribution in [0.3, 0.4) is 0 Å². The first-order chi connectivity index (χ1) is 14.9. The Balaban J connectivity index is 1.95. The lowest BCUT2D eigenvalue weighted by Gasteiger charge is -2.18. The van der Waals surface area contributed by atoms with Crippen molar-refractivity contribution >= 4 is 16.0 Å². The van der Waals surface area contributed by atoms with Crippen LogP contribution >= 0.6 is 0 Å². The van der Waals surface area contributed by atoms with Crippen molar-refractivity contribution in [2.45, 2.75) is 30.0 Å². The van der Waals surface area contributed by atoms with Crippen molar-refractivity contribution in [1.29, 1.82) is 0 Å². The van der Waals surface area contributed by atoms with E-state index in [0.717, 1.165) is 17.2 Å². The van der Waals surface area contributed by atoms with Gasteiger partial charge in [-0.2, -0.15) is 18.4 Å². The van der Waals surface area contributed by atoms with Gasteiger partial charge in [0.15, 0.2) is 5.96 Å². The van der Waals surface area contributed by atoms with Crippen molar-refractivity contribution in [1.82, 2.24) is 20.6 Å². The maximum Gasteiger partial charge on any atom is 0.417 e. The molecule has 0 radical (unpaired) electrons. The van der Waals surface area contributed by atoms with E-state index in [2.05, 4.69) is 25.6 Å². The smallest absolute Gasteiger partial charge is 0.370 e. The number of rotatable bonds is 4. The molecular weight excluding hydrogens is 449 g/mol. The first kappa shape index (κ1) is 21.7. The van der Waals surface area contributed by atoms with Crippen LogP contribution in [-0.2, 0) is 29.0 Å². The largest absolute Gasteiger partial charge is 0.417 e. The number of fused-ring (bicyclic) bond motifs is 1. The summed E-state index contributed by atoms with van der Waals surface area (Å²) in [4.78, 5) is 3.03. The van der Waals surface area contributed by atoms with E-state index in [9.17, 15) is 21.6 Å². The van der Waals surface area contributed by atoms with Gasteiger partial charge in [-0.15, -0.1) is 10.2 Å². The number of benzene rings is 2. The van der Waals surface area contributed by atoms with Crippen molar-refractivity contribution in [3.8, 4) is 22.5 Å². The van der Waals surface area contributed by atoms with E-state index >= 15 is 0 Å². The second kappa shape index (κ2) is 7.56. The average molecular weight is 466 g/mol. The van der Waals surface area contributed by atoms with Gasteiger partial charge in [-0.3, -0.25) is 0 Å². The highest BCUT2D eigenvalue weighted by Gasteiger charge is 2.40. The summed E-state index contributed by atoms with van der Waals surface area (Å²) < 4.78 is 65.5. The molecule has 0 bridgehead atoms. The van der Waals surface area contributed by atoms with Crippen LogP contribution in [0, 0.1) is 0 Å². The number of halogens is 3. The molecule has 0 amide bonds. The van der Waals surface area contributed by atoms with Crippen LogP contribution in [0.25, 0.3) is 22.5 Å². The van der Waals surface area contributed by atoms with E-state index in [4.69, 9.17) is 16.6 Å². The van der Waals surface area contributed by atoms with Gasteiger partial charge in [-0.1, -0.05) is 24.3 Å². The van der Waals surface area contributed by atoms with Crippen molar-refractivity contribution in [2.24, 2.45) is 21.6 Å². The Kier molecular flexibility index (Phi) is 5.13. The number of sulfonamides is 1. The van der Waals surface area contributed by atoms with Gasteiger partial charge in [0.25, 0.3) is 0 Å². The molecule has 0 saturated carbocycles. The summed E-state index contributed by atoms with van der Waals surface area (Å²) in [6.07, 6.45) is -3.87. The van der Waals surface area contributed by atoms with Gasteiger partial charge in [-0.25, -0.2) is 18.5 Å². The van der Waals surface area contributed by atoms with Crippen molar-refractivity contribution in [3.05, 3.63) is 47.0 Å². The number of primary sulfonamides is 1. The molecule has 10 nitrogen and oxygen atoms in total. The Labute approximate surface area is 179 Å². The fourth-order valence-electron chi connectivity index (χ4n) is 3.90. The first-order valence-corrected chi connectivity index (χ1v) is 10.7. The Hall–Kier alpha value is -3.52. The molecular formula is C18H17F3N8O2S. The fraction of sp³-hybridized carbons (Fsp3) is 0.222. The summed E-state index contributed by atoms with van der Waals surface area (Å²) >= 11 is 0. The molecule has 1 heterocycles. The third-order valence-electron chi connectivity index (χ3n) is 5.08. The van der Waals surface area contributed by atoms with Crippen molar-refractivity contribution in [2.75, 3.05) is 0 Å². The summed E-state index contributed by atoms with van der Waals surface area (Å²) in [6, 6.07) is 6.88. The normalized spacial score (nSPS) is 16.1. The second-order valence-electron chi connectivity index (χ2n) is 7.24. The van der Waals surface area contributed by atoms with E-state index < -0.39 is 32.2 Å². The van der Waals surface area contributed by atoms with Crippen molar-refractivity contribution < 1.29 is 21.6 Å². The zero-order valence-corrected chi connectivity index (χ0v) is 17.1. The van der Waals surface area contributed by atoms with Crippen LogP contribution in [0.1, 0.15) is 16.7 Å². The number of guanidine groups is 1. The Morgan fingerprint density at radius 2 is 1.84 bits per heavy atom. The van der Waals surface area contributed by atoms with E-state index in [1.807, 2.05) is 0 Å². The molecule has 2 aromatic carbocycles. The zero-order chi connectivity index (χ0) is 23.3. The predicted molar refractivity (Wildman–Crippen MR) is 108 cm³/mol. The Morgan fingerprint density at radius 3 is 2.44 bits per heavy atom. The summed E-state index contributed by atoms with van der Waals surface area (Å²) in [6.45, 7) is 0. The molecule has 14 heteroatoms. The number of nitrogens with one attached hydrogen (secondary N) is 1. The zero-order valence-electron chi connectivity index (χ0n) is 16.3. The number of nitrogens with two attached hydrogens (primary N) is 3. The molecule has 0 fully saturated rings. The minimum atomic E-state index is -4.98. The molecule has 1 aliphatic rings. The number of alkyl halides is 3. The highest BCUT2D eigenvalue weighted by atomic mass is 32.2. The van der Waals surface area contributed by atoms with Gasteiger partial charge < -0.3 is 11.5 Å². The van der Waals surface area contributed by atoms with E-state index in [-0.39, 0.29) is 23.4 Å². The molecule has 1 atom stereocenters. The molecule has 32 heavy (non-hydrogen) atoms. The van der Waals surface area contributed by atoms with E-state index in [1.54, 1.807) is 18.2 Å². The number of hydrogen-bond acceptors (Lipinski definition) is 6. The summed E-state index contributed by atoms with van der Waals surface area (Å²) in [5.74, 6) is -0.378. The molecule has 0 aliphatic heterocycles. The number of nitrogens with zero attached hydrogens (tertiary/aromatic N) is 4. The molecule has 1 aromatic heterocycles. The highest BCUT2D eigenvalue weighted by molar-refractivity contribution is 7.89. The molecule has 168 valence electrons. The molecule has 1 aliphatic carbocycles. The third-order valence-corrected chi connectivity index (χ3v) is 6.07. The minimum Gasteiger partial charge on any atom is -0.370 e. The van der Waals surface area contributed by atoms with Gasteiger partial charge in [0.05, 0.1) is 17.2 Å². The second-order valence-corrected chi connectivity index (χ2v) is 8.74. The topological polar surface area (TPSA) is 179 Å². The molecule has 0 saturated heterocycles. The number of aromatic amines is 1. The van der Waals surface area contributed by atoms with Crippen LogP contribution in [0.15, 0.2) is 40.2 Å². The van der Waals surface area contributed by atoms with E-state index in [0.29, 0.717) is 24.5 Å². The van der Waals surface area contributed by atoms with Gasteiger partial charge in [-0.05, 0) is 46.4 Å². The van der Waals surface area contributed by atoms with Gasteiger partial charge >= 0.3 is 6.18 Å². The molecule has 3 aromatic rings. The maximum atomic E-state index is 13.6. The summed E-state index contributed by atoms with van der Waals surface area (Å²) in [5.41, 5.74) is 11.6. The molecule has 1 unspecified atom stereocenters. The standard InChI is InChI=1S/C18H17F3N8O2S/c19-18(20,21)13-4-3-12(14(15(13)32(24,30)31)16-26-28-29-27-16)9-2-1-8-6-11(25-17(22)23)7-10(8)5-9/h1-5,11H,6-7H2,(H4,22,23,25)(H2,24,30,31)(H,26,27,28,29). The average Bonchev–Trinajstić information content (AvgIpc) is 3.33. The number of aromatic nitrogens is 4. The van der Waals surface area contributed by atoms with Gasteiger partial charge in [0.2, 0.25) is 15.8 Å². The highest BCUT2D eigenvalue weighted by Crippen LogP contribution is 2.43. The molecule has 0 spiro atoms. The quantitative estimate of drug-likeness (QED) is 0.326. The Bertz CT molecular complexity index is 1320. The lowest BCUT2D eigenvalue weighted by atomic mass is 9.94. The predicted octanol–water partition coefficient (Wildman–Crippen LogP) is 0.940. The third kappa shape index (κ3) is 4.01. The van der Waals surface area contributed by atoms with Crippen LogP contribution in [0.5, 0.6) is 0 Å². The lowest BCUT2D eigenvalue weighted by molar-refractivity contribution is -0.139. The monoisotopic (exact) mass is 466 g/mol. The number of aliphatic imine (C=N–C) groups is 1. The van der Waals surface area contributed by atoms with Crippen LogP contribution in [0.2, 0.25) is 0 Å². The van der Waals surface area contributed by atoms with Crippen molar-refractivity contribution in [3.63, 3.8) is 0 Å². The summed E-state index contributed by atoms with van der Waals surface area (Å²) in [5, 5.41) is 18.1. The van der Waals surface area contributed by atoms with E-state index in [1.165, 1.54) is 0 Å². The first-order valence-electron chi connectivity index (χ1n) is 9.17. The number of H-pyrrole nitrogens is 1. The molecule has 7 N–H and O–H groups in total. The van der Waals surface area contributed by atoms with Gasteiger partial charge in [0.1, 0.15) is 4.90 Å². The SMILES string of the molecule is NC(N)=NC1Cc2ccc(-c3ccc(C(F)(F)F)c(S(N)(=O)=O)c3-c3nn[nH]n3)cc2C1. The van der Waals surface area contributed by atoms with Crippen LogP contribution in [-0.4, -0.2) is 41.0 Å². The van der Waals surface area contributed by atoms with Gasteiger partial charge in [0, 0.05) is 0 Å². The number of hydrogen-bond donors (Lipinski definition) is 4. The molecule has 4 rings (SSSR count). The van der Waals surface area contributed by atoms with Crippen LogP contribution in [0.4, 0.5) is 13.2 Å². The van der Waals surface area contributed by atoms with Crippen LogP contribution < -0.4 is 16.6 Å². The lowest BCUT2D eigenvalue weighted by Crippen LogP contribution is -2.25. The Morgan fingerprint density at radius 1 is 1.12 bits per heavy atom. The number of tetrazole rings is 1.